The summed E-state index contributed by atoms with van der Waals surface area (Å²) in [6.45, 7) is 26.2. The van der Waals surface area contributed by atoms with Crippen molar-refractivity contribution in [2.75, 3.05) is 54.5 Å². The lowest BCUT2D eigenvalue weighted by Gasteiger charge is -2.41. The van der Waals surface area contributed by atoms with Crippen molar-refractivity contribution in [3.05, 3.63) is 108 Å². The summed E-state index contributed by atoms with van der Waals surface area (Å²) in [6, 6.07) is 18.7. The zero-order valence-electron chi connectivity index (χ0n) is 83.9. The molecular weight excluding hydrogens is 1750 g/mol. The number of unbranched alkanes of at least 4 members (excludes halogenated alkanes) is 4. The average molecular weight is 1900 g/mol. The van der Waals surface area contributed by atoms with Gasteiger partial charge in [-0.15, -0.1) is 20.4 Å². The maximum atomic E-state index is 14.8. The second-order valence-corrected chi connectivity index (χ2v) is 40.9. The fourth-order valence-electron chi connectivity index (χ4n) is 22.7. The minimum atomic E-state index is -0.815. The molecule has 8 heterocycles. The summed E-state index contributed by atoms with van der Waals surface area (Å²) in [7, 11) is 6.79. The SMILES string of the molecule is CC[C@H](C)[C@@H]([C@@H](CC(=O)N1CCC[C@H]1[C@H](C)[C@@H](C)C(=O)C[C@@H](Cc1ccccc1)c1nn[nH]n1)OC)N(C)C(=O)[C@@H](CC(=O)[C@@H]1[C@H]2CC[C@H](C2)N1C(=O)CCCCCN1C(=O)C=CC1=O)C(C)C.CC[C@H](C)[C@@H]([C@@H](CC(=O)N1CCC[C@H]1[C@H](C)[C@@H](C)C(=O)C[C@@H](Cc1ccccc1)c1nn[nH]n1)OC)N(C)C(=O)[C@@H](CC(=O)[C@H]1N[C@@H]2CC[C@H]1C2)C(C)C.O=C(O)CCCCCN1C(=O)C=CC1=O. The number of methoxy groups -OCH3 is 2. The standard InChI is InChI=1S/C52H76N8O8.C42H65N7O5.C10H13NO4/c1-9-33(4)49(44(68-8)31-48(66)58-26-16-19-41(58)34(5)35(6)42(61)29-38(51-53-55-56-54-51)27-36-17-12-10-13-18-36)57(7)52(67)40(32(2)3)30-43(62)50-37-21-22-39(28-37)60(50)47(65)20-14-11-15-25-59-45(63)23-24-46(59)64;1-9-26(4)40(48(7)42(53)33(25(2)3)23-36(51)39-30-17-18-32(21-30)43-39)37(54-8)24-38(52)49-19-13-16-34(49)27(5)28(6)35(50)22-31(41-44-46-47-45-41)20-29-14-11-10-12-15-29;12-8-5-6-9(13)11(8)7-3-1-2-4-10(14)15/h10,12-13,17-18,23-24,32-35,37-41,44,49-50H,9,11,14-16,19-22,25-31H2,1-8H3,(H,53,54,55,56);10-12,14-15,25-28,30-34,37,39-40,43H,9,13,16-24H2,1-8H3,(H,44,45,46,47);5-6H,1-4,7H2,(H,14,15)/t33-,34+,35+,37-,38+,39+,40-,41-,44+,49-,50-;26-,27+,28+,30-,31+,32+,33-,34-,37+,39-,40-;/m00./s1. The molecule has 33 nitrogen and oxygen atoms in total. The van der Waals surface area contributed by atoms with Crippen LogP contribution in [0.4, 0.5) is 0 Å². The highest BCUT2D eigenvalue weighted by Crippen LogP contribution is 2.46. The van der Waals surface area contributed by atoms with Crippen molar-refractivity contribution in [3.63, 3.8) is 0 Å². The molecule has 6 aliphatic heterocycles. The number of hydrogen-bond acceptors (Lipinski definition) is 23. The Morgan fingerprint density at radius 2 is 0.912 bits per heavy atom. The van der Waals surface area contributed by atoms with E-state index in [4.69, 9.17) is 14.6 Å². The number of imide groups is 2. The Morgan fingerprint density at radius 3 is 1.29 bits per heavy atom. The molecule has 22 atom stereocenters. The lowest BCUT2D eigenvalue weighted by Crippen LogP contribution is -2.54. The van der Waals surface area contributed by atoms with E-state index >= 15 is 0 Å². The summed E-state index contributed by atoms with van der Waals surface area (Å²) in [5.74, 6) is -3.10. The number of likely N-dealkylation sites (N-methyl/N-ethyl adjacent to an activating group) is 2. The third-order valence-electron chi connectivity index (χ3n) is 31.5. The second-order valence-electron chi connectivity index (χ2n) is 40.9. The highest BCUT2D eigenvalue weighted by Gasteiger charge is 2.53. The number of rotatable bonds is 52. The highest BCUT2D eigenvalue weighted by molar-refractivity contribution is 6.13. The molecule has 4 bridgehead atoms. The van der Waals surface area contributed by atoms with E-state index in [2.05, 4.69) is 88.1 Å². The molecule has 0 radical (unpaired) electrons. The number of hydrogen-bond donors (Lipinski definition) is 4. The molecule has 12 rings (SSSR count). The van der Waals surface area contributed by atoms with Gasteiger partial charge in [0.15, 0.2) is 23.2 Å². The van der Waals surface area contributed by atoms with Crippen molar-refractivity contribution in [2.24, 2.45) is 71.0 Å². The number of ether oxygens (including phenoxy) is 2. The summed E-state index contributed by atoms with van der Waals surface area (Å²) >= 11 is 0. The number of ketones is 4. The van der Waals surface area contributed by atoms with Crippen LogP contribution in [0.2, 0.25) is 0 Å². The fourth-order valence-corrected chi connectivity index (χ4v) is 22.7. The monoisotopic (exact) mass is 1900 g/mol. The minimum absolute atomic E-state index is 0.0138. The second kappa shape index (κ2) is 52.1. The van der Waals surface area contributed by atoms with Crippen LogP contribution in [-0.2, 0) is 89.4 Å². The quantitative estimate of drug-likeness (QED) is 0.0236. The first kappa shape index (κ1) is 109. The van der Waals surface area contributed by atoms with Gasteiger partial charge in [0, 0.05) is 177 Å². The molecular formula is C104H154N16O17. The molecule has 2 saturated carbocycles. The van der Waals surface area contributed by atoms with Gasteiger partial charge in [-0.1, -0.05) is 180 Å². The molecule has 33 heteroatoms. The maximum absolute atomic E-state index is 14.8. The lowest BCUT2D eigenvalue weighted by molar-refractivity contribution is -0.149. The van der Waals surface area contributed by atoms with Crippen LogP contribution >= 0.6 is 0 Å². The number of nitrogens with one attached hydrogen (secondary N) is 3. The Kier molecular flexibility index (Phi) is 41.4. The number of nitrogens with zero attached hydrogens (tertiary/aromatic N) is 13. The van der Waals surface area contributed by atoms with Gasteiger partial charge in [-0.25, -0.2) is 0 Å². The van der Waals surface area contributed by atoms with E-state index in [1.165, 1.54) is 34.1 Å². The number of likely N-dealkylation sites (tertiary alicyclic amines) is 3. The summed E-state index contributed by atoms with van der Waals surface area (Å²) < 4.78 is 12.2. The summed E-state index contributed by atoms with van der Waals surface area (Å²) in [4.78, 5) is 195. The number of Topliss-reactive ketones (excluding diaryl/α,β-unsaturated/α-hetero) is 4. The molecule has 8 aliphatic rings. The molecule has 2 aromatic carbocycles. The molecule has 6 fully saturated rings. The molecule has 4 saturated heterocycles. The van der Waals surface area contributed by atoms with Crippen molar-refractivity contribution >= 4 is 82.3 Å². The number of aliphatic carboxylic acids is 1. The number of carboxylic acid groups (broad SMARTS) is 1. The predicted octanol–water partition coefficient (Wildman–Crippen LogP) is 12.1. The first-order valence-corrected chi connectivity index (χ1v) is 50.7. The van der Waals surface area contributed by atoms with Gasteiger partial charge in [-0.05, 0) is 161 Å². The first-order valence-electron chi connectivity index (χ1n) is 50.7. The van der Waals surface area contributed by atoms with E-state index in [1.807, 2.05) is 124 Å². The van der Waals surface area contributed by atoms with Crippen LogP contribution in [0.25, 0.3) is 0 Å². The van der Waals surface area contributed by atoms with Gasteiger partial charge in [0.1, 0.15) is 11.6 Å². The molecule has 0 unspecified atom stereocenters. The molecule has 4 N–H and O–H groups in total. The van der Waals surface area contributed by atoms with Gasteiger partial charge in [0.25, 0.3) is 23.6 Å². The van der Waals surface area contributed by atoms with E-state index in [-0.39, 0.29) is 223 Å². The molecule has 137 heavy (non-hydrogen) atoms. The molecule has 2 aliphatic carbocycles. The van der Waals surface area contributed by atoms with Gasteiger partial charge in [-0.2, -0.15) is 10.4 Å². The van der Waals surface area contributed by atoms with Crippen LogP contribution in [0.15, 0.2) is 85.0 Å². The molecule has 4 aromatic rings. The van der Waals surface area contributed by atoms with Crippen LogP contribution in [0.5, 0.6) is 0 Å². The Balaban J connectivity index is 0.000000249. The fraction of sp³-hybridized carbons (Fsp3) is 0.692. The maximum Gasteiger partial charge on any atom is 0.303 e. The number of piperidine rings is 2. The van der Waals surface area contributed by atoms with Crippen LogP contribution in [0, 0.1) is 71.0 Å². The number of carbonyl (C=O) groups excluding carboxylic acids is 13. The van der Waals surface area contributed by atoms with Gasteiger partial charge >= 0.3 is 5.97 Å². The number of carboxylic acids is 1. The van der Waals surface area contributed by atoms with Gasteiger partial charge in [0.05, 0.1) is 49.2 Å². The highest BCUT2D eigenvalue weighted by atomic mass is 16.5. The third kappa shape index (κ3) is 28.5. The smallest absolute Gasteiger partial charge is 0.303 e. The van der Waals surface area contributed by atoms with Crippen LogP contribution in [0.3, 0.4) is 0 Å². The summed E-state index contributed by atoms with van der Waals surface area (Å²) in [5.41, 5.74) is 2.18. The van der Waals surface area contributed by atoms with Crippen molar-refractivity contribution in [1.82, 2.24) is 80.9 Å². The summed E-state index contributed by atoms with van der Waals surface area (Å²) in [6.07, 6.45) is 20.9. The first-order chi connectivity index (χ1) is 65.5. The zero-order valence-corrected chi connectivity index (χ0v) is 83.9. The third-order valence-corrected chi connectivity index (χ3v) is 31.5. The number of benzene rings is 2. The Morgan fingerprint density at radius 1 is 0.489 bits per heavy atom. The van der Waals surface area contributed by atoms with E-state index in [1.54, 1.807) is 31.1 Å². The Labute approximate surface area is 809 Å². The number of H-pyrrole nitrogens is 2. The van der Waals surface area contributed by atoms with Gasteiger partial charge < -0.3 is 44.4 Å². The minimum Gasteiger partial charge on any atom is -0.481 e. The van der Waals surface area contributed by atoms with Crippen molar-refractivity contribution in [3.8, 4) is 0 Å². The van der Waals surface area contributed by atoms with Crippen molar-refractivity contribution in [2.45, 2.75) is 335 Å². The van der Waals surface area contributed by atoms with Crippen LogP contribution in [-0.4, -0.2) is 278 Å². The number of amides is 9. The zero-order chi connectivity index (χ0) is 99.6. The van der Waals surface area contributed by atoms with Crippen molar-refractivity contribution < 1.29 is 81.7 Å². The number of aromatic amines is 2. The van der Waals surface area contributed by atoms with E-state index in [9.17, 15) is 67.1 Å². The lowest BCUT2D eigenvalue weighted by atomic mass is 9.81. The largest absolute Gasteiger partial charge is 0.481 e. The molecule has 752 valence electrons. The number of tetrazole rings is 2. The Hall–Kier alpha value is -10.3. The van der Waals surface area contributed by atoms with Gasteiger partial charge in [-0.3, -0.25) is 76.9 Å². The van der Waals surface area contributed by atoms with Crippen molar-refractivity contribution in [1.29, 1.82) is 0 Å². The number of fused-ring (bicyclic) bond motifs is 4. The molecule has 2 aromatic heterocycles. The summed E-state index contributed by atoms with van der Waals surface area (Å²) in [5, 5.41) is 41.4. The van der Waals surface area contributed by atoms with E-state index in [0.29, 0.717) is 101 Å². The molecule has 0 spiro atoms. The van der Waals surface area contributed by atoms with Crippen LogP contribution in [0.1, 0.15) is 285 Å². The average Bonchev–Trinajstić information content (AvgIpc) is 1.61. The normalized spacial score (nSPS) is 23.0. The number of aromatic nitrogens is 8. The van der Waals surface area contributed by atoms with E-state index < -0.39 is 42.1 Å². The predicted molar refractivity (Wildman–Crippen MR) is 514 cm³/mol. The number of carbonyl (C=O) groups is 14. The topological polar surface area (TPSA) is 421 Å². The van der Waals surface area contributed by atoms with E-state index in [0.717, 1.165) is 88.2 Å². The molecule has 9 amide bonds. The van der Waals surface area contributed by atoms with Crippen LogP contribution < -0.4 is 5.32 Å². The Bertz CT molecular complexity index is 4710. The van der Waals surface area contributed by atoms with Gasteiger partial charge in [0.2, 0.25) is 29.5 Å².